The second-order valence-electron chi connectivity index (χ2n) is 7.30. The second kappa shape index (κ2) is 11.0. The molecule has 0 N–H and O–H groups in total. The maximum Gasteiger partial charge on any atom is 0.343 e. The number of hydrogen-bond acceptors (Lipinski definition) is 6. The number of rotatable bonds is 6. The van der Waals surface area contributed by atoms with Crippen LogP contribution < -0.4 is 14.4 Å². The molecule has 6 nitrogen and oxygen atoms in total. The van der Waals surface area contributed by atoms with Crippen molar-refractivity contribution < 1.29 is 19.0 Å². The maximum atomic E-state index is 12.8. The van der Waals surface area contributed by atoms with Gasteiger partial charge in [-0.25, -0.2) is 4.79 Å². The van der Waals surface area contributed by atoms with Crippen molar-refractivity contribution in [2.75, 3.05) is 38.3 Å². The van der Waals surface area contributed by atoms with E-state index in [0.29, 0.717) is 27.1 Å². The molecular weight excluding hydrogens is 552 g/mol. The predicted octanol–water partition coefficient (Wildman–Crippen LogP) is 6.03. The van der Waals surface area contributed by atoms with E-state index in [1.54, 1.807) is 37.6 Å². The van der Waals surface area contributed by atoms with Crippen molar-refractivity contribution >= 4 is 55.4 Å². The van der Waals surface area contributed by atoms with E-state index in [0.717, 1.165) is 42.2 Å². The number of esters is 1. The monoisotopic (exact) mass is 572 g/mol. The second-order valence-corrected chi connectivity index (χ2v) is 9.07. The smallest absolute Gasteiger partial charge is 0.343 e. The molecule has 170 valence electrons. The van der Waals surface area contributed by atoms with Gasteiger partial charge in [0.05, 0.1) is 36.0 Å². The standard InChI is InChI=1S/C25H22Br2N2O4/c1-31-22-4-2-3-17(14-22)25(30)33-24-18(13-19(26)15-23(24)27)16-28-20-5-7-21(8-6-20)29-9-11-32-12-10-29/h2-8,13-16H,9-12H2,1H3. The number of nitrogens with zero attached hydrogens (tertiary/aromatic N) is 2. The lowest BCUT2D eigenvalue weighted by Crippen LogP contribution is -2.36. The summed E-state index contributed by atoms with van der Waals surface area (Å²) in [4.78, 5) is 19.6. The zero-order valence-electron chi connectivity index (χ0n) is 18.0. The number of morpholine rings is 1. The van der Waals surface area contributed by atoms with Crippen LogP contribution in [-0.2, 0) is 4.74 Å². The van der Waals surface area contributed by atoms with Crippen molar-refractivity contribution in [2.45, 2.75) is 0 Å². The van der Waals surface area contributed by atoms with Crippen LogP contribution in [0.4, 0.5) is 11.4 Å². The van der Waals surface area contributed by atoms with Gasteiger partial charge in [0.2, 0.25) is 0 Å². The Bertz CT molecular complexity index is 1160. The number of carbonyl (C=O) groups is 1. The summed E-state index contributed by atoms with van der Waals surface area (Å²) in [6.45, 7) is 3.26. The normalized spacial score (nSPS) is 13.8. The van der Waals surface area contributed by atoms with Crippen LogP contribution in [-0.4, -0.2) is 45.6 Å². The summed E-state index contributed by atoms with van der Waals surface area (Å²) < 4.78 is 17.8. The first-order valence-electron chi connectivity index (χ1n) is 10.4. The molecule has 0 radical (unpaired) electrons. The SMILES string of the molecule is COc1cccc(C(=O)Oc2c(Br)cc(Br)cc2C=Nc2ccc(N3CCOCC3)cc2)c1. The summed E-state index contributed by atoms with van der Waals surface area (Å²) in [6, 6.07) is 18.6. The largest absolute Gasteiger partial charge is 0.497 e. The Morgan fingerprint density at radius 2 is 1.82 bits per heavy atom. The van der Waals surface area contributed by atoms with Gasteiger partial charge in [0.15, 0.2) is 5.75 Å². The van der Waals surface area contributed by atoms with Crippen LogP contribution in [0.1, 0.15) is 15.9 Å². The van der Waals surface area contributed by atoms with Gasteiger partial charge >= 0.3 is 5.97 Å². The summed E-state index contributed by atoms with van der Waals surface area (Å²) in [6.07, 6.45) is 1.69. The average Bonchev–Trinajstić information content (AvgIpc) is 2.85. The Morgan fingerprint density at radius 1 is 1.06 bits per heavy atom. The van der Waals surface area contributed by atoms with Gasteiger partial charge in [-0.2, -0.15) is 0 Å². The third kappa shape index (κ3) is 6.01. The molecule has 3 aromatic rings. The quantitative estimate of drug-likeness (QED) is 0.205. The minimum Gasteiger partial charge on any atom is -0.497 e. The molecule has 1 aliphatic rings. The Labute approximate surface area is 209 Å². The lowest BCUT2D eigenvalue weighted by atomic mass is 10.2. The van der Waals surface area contributed by atoms with Gasteiger partial charge in [0.25, 0.3) is 0 Å². The first-order chi connectivity index (χ1) is 16.0. The van der Waals surface area contributed by atoms with Crippen LogP contribution in [0.2, 0.25) is 0 Å². The van der Waals surface area contributed by atoms with E-state index in [4.69, 9.17) is 14.2 Å². The van der Waals surface area contributed by atoms with Gasteiger partial charge in [-0.3, -0.25) is 4.99 Å². The van der Waals surface area contributed by atoms with Gasteiger partial charge in [-0.05, 0) is 70.5 Å². The van der Waals surface area contributed by atoms with E-state index >= 15 is 0 Å². The third-order valence-corrected chi connectivity index (χ3v) is 6.16. The van der Waals surface area contributed by atoms with Gasteiger partial charge < -0.3 is 19.1 Å². The van der Waals surface area contributed by atoms with E-state index in [1.165, 1.54) is 0 Å². The number of halogens is 2. The number of methoxy groups -OCH3 is 1. The molecular formula is C25H22Br2N2O4. The average molecular weight is 574 g/mol. The van der Waals surface area contributed by atoms with Crippen molar-refractivity contribution in [1.29, 1.82) is 0 Å². The Hall–Kier alpha value is -2.68. The molecule has 0 bridgehead atoms. The molecule has 4 rings (SSSR count). The highest BCUT2D eigenvalue weighted by Crippen LogP contribution is 2.33. The maximum absolute atomic E-state index is 12.8. The van der Waals surface area contributed by atoms with E-state index in [9.17, 15) is 4.79 Å². The van der Waals surface area contributed by atoms with Crippen molar-refractivity contribution in [2.24, 2.45) is 4.99 Å². The minimum absolute atomic E-state index is 0.389. The molecule has 3 aromatic carbocycles. The van der Waals surface area contributed by atoms with Crippen molar-refractivity contribution in [3.63, 3.8) is 0 Å². The van der Waals surface area contributed by atoms with Crippen LogP contribution in [0.25, 0.3) is 0 Å². The molecule has 0 atom stereocenters. The molecule has 8 heteroatoms. The number of anilines is 1. The van der Waals surface area contributed by atoms with Crippen LogP contribution in [0.3, 0.4) is 0 Å². The van der Waals surface area contributed by atoms with Crippen molar-refractivity contribution in [3.8, 4) is 11.5 Å². The van der Waals surface area contributed by atoms with Crippen molar-refractivity contribution in [1.82, 2.24) is 0 Å². The number of ether oxygens (including phenoxy) is 3. The lowest BCUT2D eigenvalue weighted by molar-refractivity contribution is 0.0733. The summed E-state index contributed by atoms with van der Waals surface area (Å²) in [5.74, 6) is 0.489. The van der Waals surface area contributed by atoms with Crippen LogP contribution >= 0.6 is 31.9 Å². The Kier molecular flexibility index (Phi) is 7.80. The fourth-order valence-corrected chi connectivity index (χ4v) is 4.74. The highest BCUT2D eigenvalue weighted by Gasteiger charge is 2.16. The first-order valence-corrected chi connectivity index (χ1v) is 11.9. The Morgan fingerprint density at radius 3 is 2.55 bits per heavy atom. The Balaban J connectivity index is 1.55. The predicted molar refractivity (Wildman–Crippen MR) is 137 cm³/mol. The molecule has 0 spiro atoms. The van der Waals surface area contributed by atoms with E-state index in [-0.39, 0.29) is 0 Å². The topological polar surface area (TPSA) is 60.4 Å². The molecule has 1 heterocycles. The molecule has 1 fully saturated rings. The number of carbonyl (C=O) groups excluding carboxylic acids is 1. The first kappa shape index (κ1) is 23.5. The molecule has 33 heavy (non-hydrogen) atoms. The number of hydrogen-bond donors (Lipinski definition) is 0. The van der Waals surface area contributed by atoms with Crippen LogP contribution in [0.5, 0.6) is 11.5 Å². The van der Waals surface area contributed by atoms with Gasteiger partial charge in [-0.15, -0.1) is 0 Å². The molecule has 0 aromatic heterocycles. The van der Waals surface area contributed by atoms with Crippen LogP contribution in [0.15, 0.2) is 74.6 Å². The van der Waals surface area contributed by atoms with E-state index in [2.05, 4.69) is 53.9 Å². The lowest BCUT2D eigenvalue weighted by Gasteiger charge is -2.28. The van der Waals surface area contributed by atoms with E-state index in [1.807, 2.05) is 24.3 Å². The summed E-state index contributed by atoms with van der Waals surface area (Å²) in [7, 11) is 1.55. The molecule has 0 unspecified atom stereocenters. The third-order valence-electron chi connectivity index (χ3n) is 5.12. The molecule has 0 aliphatic carbocycles. The van der Waals surface area contributed by atoms with Crippen LogP contribution in [0, 0.1) is 0 Å². The zero-order chi connectivity index (χ0) is 23.2. The molecule has 1 saturated heterocycles. The highest BCUT2D eigenvalue weighted by molar-refractivity contribution is 9.11. The summed E-state index contributed by atoms with van der Waals surface area (Å²) in [5, 5.41) is 0. The van der Waals surface area contributed by atoms with E-state index < -0.39 is 5.97 Å². The molecule has 0 amide bonds. The number of aliphatic imine (C=N–C) groups is 1. The number of benzene rings is 3. The minimum atomic E-state index is -0.485. The zero-order valence-corrected chi connectivity index (χ0v) is 21.1. The van der Waals surface area contributed by atoms with Crippen molar-refractivity contribution in [3.05, 3.63) is 80.7 Å². The fraction of sp³-hybridized carbons (Fsp3) is 0.200. The molecule has 0 saturated carbocycles. The fourth-order valence-electron chi connectivity index (χ4n) is 3.40. The summed E-state index contributed by atoms with van der Waals surface area (Å²) in [5.41, 5.74) is 3.00. The van der Waals surface area contributed by atoms with Gasteiger partial charge in [0.1, 0.15) is 5.75 Å². The highest BCUT2D eigenvalue weighted by atomic mass is 79.9. The van der Waals surface area contributed by atoms with Gasteiger partial charge in [-0.1, -0.05) is 22.0 Å². The summed E-state index contributed by atoms with van der Waals surface area (Å²) >= 11 is 6.99. The van der Waals surface area contributed by atoms with Gasteiger partial charge in [0, 0.05) is 35.0 Å². The molecule has 1 aliphatic heterocycles.